The molecule has 0 unspecified atom stereocenters. The number of hydrogen-bond acceptors (Lipinski definition) is 3. The Labute approximate surface area is 89.7 Å². The van der Waals surface area contributed by atoms with Crippen molar-refractivity contribution >= 4 is 11.8 Å². The highest BCUT2D eigenvalue weighted by molar-refractivity contribution is 5.85. The maximum absolute atomic E-state index is 11.7. The van der Waals surface area contributed by atoms with Gasteiger partial charge in [-0.15, -0.1) is 0 Å². The Morgan fingerprint density at radius 2 is 1.87 bits per heavy atom. The lowest BCUT2D eigenvalue weighted by Crippen LogP contribution is -2.43. The summed E-state index contributed by atoms with van der Waals surface area (Å²) < 4.78 is 0. The van der Waals surface area contributed by atoms with Gasteiger partial charge in [0, 0.05) is 20.1 Å². The van der Waals surface area contributed by atoms with Gasteiger partial charge in [0.05, 0.1) is 6.54 Å². The summed E-state index contributed by atoms with van der Waals surface area (Å²) in [6.45, 7) is 1.11. The van der Waals surface area contributed by atoms with E-state index in [1.807, 2.05) is 0 Å². The molecule has 5 heteroatoms. The van der Waals surface area contributed by atoms with Gasteiger partial charge in [-0.2, -0.15) is 0 Å². The highest BCUT2D eigenvalue weighted by Gasteiger charge is 2.19. The Hall–Kier alpha value is -1.10. The standard InChI is InChI=1S/C10H18N2O3/c1-11(10(15)8-13)7-9(14)12-5-3-2-4-6-12/h13H,2-8H2,1H3. The van der Waals surface area contributed by atoms with Gasteiger partial charge in [0.2, 0.25) is 11.8 Å². The first kappa shape index (κ1) is 12.0. The van der Waals surface area contributed by atoms with E-state index in [4.69, 9.17) is 5.11 Å². The monoisotopic (exact) mass is 214 g/mol. The molecule has 0 bridgehead atoms. The number of amides is 2. The molecule has 0 saturated carbocycles. The molecule has 0 atom stereocenters. The molecular weight excluding hydrogens is 196 g/mol. The molecule has 1 saturated heterocycles. The van der Waals surface area contributed by atoms with E-state index in [1.54, 1.807) is 4.90 Å². The average molecular weight is 214 g/mol. The van der Waals surface area contributed by atoms with Crippen molar-refractivity contribution in [3.8, 4) is 0 Å². The molecule has 0 aromatic rings. The number of likely N-dealkylation sites (N-methyl/N-ethyl adjacent to an activating group) is 1. The Kier molecular flexibility index (Phi) is 4.55. The summed E-state index contributed by atoms with van der Waals surface area (Å²) in [6, 6.07) is 0. The van der Waals surface area contributed by atoms with Crippen LogP contribution in [0.2, 0.25) is 0 Å². The van der Waals surface area contributed by atoms with Gasteiger partial charge in [0.25, 0.3) is 0 Å². The SMILES string of the molecule is CN(CC(=O)N1CCCCC1)C(=O)CO. The summed E-state index contributed by atoms with van der Waals surface area (Å²) >= 11 is 0. The molecule has 1 aliphatic rings. The van der Waals surface area contributed by atoms with Gasteiger partial charge < -0.3 is 14.9 Å². The third-order valence-corrected chi connectivity index (χ3v) is 2.64. The molecule has 1 aliphatic heterocycles. The van der Waals surface area contributed by atoms with E-state index in [2.05, 4.69) is 0 Å². The number of hydrogen-bond donors (Lipinski definition) is 1. The summed E-state index contributed by atoms with van der Waals surface area (Å²) in [4.78, 5) is 25.8. The molecule has 0 aliphatic carbocycles. The molecule has 5 nitrogen and oxygen atoms in total. The largest absolute Gasteiger partial charge is 0.387 e. The third-order valence-electron chi connectivity index (χ3n) is 2.64. The first-order chi connectivity index (χ1) is 7.15. The highest BCUT2D eigenvalue weighted by Crippen LogP contribution is 2.08. The molecule has 15 heavy (non-hydrogen) atoms. The Balaban J connectivity index is 2.36. The summed E-state index contributed by atoms with van der Waals surface area (Å²) in [5, 5.41) is 8.61. The van der Waals surface area contributed by atoms with Gasteiger partial charge >= 0.3 is 0 Å². The van der Waals surface area contributed by atoms with Crippen LogP contribution >= 0.6 is 0 Å². The lowest BCUT2D eigenvalue weighted by atomic mass is 10.1. The molecule has 0 radical (unpaired) electrons. The van der Waals surface area contributed by atoms with E-state index in [9.17, 15) is 9.59 Å². The van der Waals surface area contributed by atoms with Crippen molar-refractivity contribution in [3.05, 3.63) is 0 Å². The van der Waals surface area contributed by atoms with E-state index in [-0.39, 0.29) is 12.5 Å². The summed E-state index contributed by atoms with van der Waals surface area (Å²) in [5.41, 5.74) is 0. The lowest BCUT2D eigenvalue weighted by Gasteiger charge is -2.28. The first-order valence-electron chi connectivity index (χ1n) is 5.27. The normalized spacial score (nSPS) is 16.3. The Bertz CT molecular complexity index is 237. The highest BCUT2D eigenvalue weighted by atomic mass is 16.3. The van der Waals surface area contributed by atoms with Crippen LogP contribution in [-0.2, 0) is 9.59 Å². The van der Waals surface area contributed by atoms with Gasteiger partial charge in [-0.1, -0.05) is 0 Å². The second-order valence-electron chi connectivity index (χ2n) is 3.85. The van der Waals surface area contributed by atoms with Crippen molar-refractivity contribution in [3.63, 3.8) is 0 Å². The number of likely N-dealkylation sites (tertiary alicyclic amines) is 1. The molecular formula is C10H18N2O3. The molecule has 0 aromatic heterocycles. The van der Waals surface area contributed by atoms with Crippen LogP contribution in [0, 0.1) is 0 Å². The molecule has 1 rings (SSSR count). The van der Waals surface area contributed by atoms with Crippen LogP contribution in [0.3, 0.4) is 0 Å². The zero-order valence-electron chi connectivity index (χ0n) is 9.11. The fourth-order valence-corrected chi connectivity index (χ4v) is 1.66. The summed E-state index contributed by atoms with van der Waals surface area (Å²) in [5.74, 6) is -0.445. The molecule has 1 N–H and O–H groups in total. The predicted molar refractivity (Wildman–Crippen MR) is 55.2 cm³/mol. The van der Waals surface area contributed by atoms with Gasteiger partial charge in [0.1, 0.15) is 6.61 Å². The maximum Gasteiger partial charge on any atom is 0.248 e. The van der Waals surface area contributed by atoms with E-state index in [0.717, 1.165) is 25.9 Å². The van der Waals surface area contributed by atoms with Crippen LogP contribution < -0.4 is 0 Å². The van der Waals surface area contributed by atoms with Crippen LogP contribution in [0.15, 0.2) is 0 Å². The van der Waals surface area contributed by atoms with Crippen LogP contribution in [0.25, 0.3) is 0 Å². The third kappa shape index (κ3) is 3.51. The fraction of sp³-hybridized carbons (Fsp3) is 0.800. The van der Waals surface area contributed by atoms with Gasteiger partial charge in [-0.25, -0.2) is 0 Å². The van der Waals surface area contributed by atoms with Crippen LogP contribution in [0.5, 0.6) is 0 Å². The number of nitrogens with zero attached hydrogens (tertiary/aromatic N) is 2. The Morgan fingerprint density at radius 3 is 2.40 bits per heavy atom. The maximum atomic E-state index is 11.7. The average Bonchev–Trinajstić information content (AvgIpc) is 2.29. The summed E-state index contributed by atoms with van der Waals surface area (Å²) in [6.07, 6.45) is 3.27. The second-order valence-corrected chi connectivity index (χ2v) is 3.85. The number of carbonyl (C=O) groups excluding carboxylic acids is 2. The quantitative estimate of drug-likeness (QED) is 0.685. The minimum absolute atomic E-state index is 0.0287. The number of aliphatic hydroxyl groups excluding tert-OH is 1. The number of rotatable bonds is 3. The topological polar surface area (TPSA) is 60.9 Å². The van der Waals surface area contributed by atoms with E-state index in [1.165, 1.54) is 18.4 Å². The van der Waals surface area contributed by atoms with Crippen molar-refractivity contribution in [1.82, 2.24) is 9.80 Å². The molecule has 86 valence electrons. The van der Waals surface area contributed by atoms with Crippen molar-refractivity contribution in [2.24, 2.45) is 0 Å². The summed E-state index contributed by atoms with van der Waals surface area (Å²) in [7, 11) is 1.53. The van der Waals surface area contributed by atoms with Crippen LogP contribution in [-0.4, -0.2) is 60.0 Å². The van der Waals surface area contributed by atoms with Gasteiger partial charge in [0.15, 0.2) is 0 Å². The van der Waals surface area contributed by atoms with Crippen molar-refractivity contribution in [2.75, 3.05) is 33.3 Å². The zero-order valence-corrected chi connectivity index (χ0v) is 9.11. The van der Waals surface area contributed by atoms with Crippen LogP contribution in [0.1, 0.15) is 19.3 Å². The van der Waals surface area contributed by atoms with E-state index >= 15 is 0 Å². The van der Waals surface area contributed by atoms with E-state index in [0.29, 0.717) is 0 Å². The zero-order chi connectivity index (χ0) is 11.3. The minimum Gasteiger partial charge on any atom is -0.387 e. The molecule has 0 aromatic carbocycles. The smallest absolute Gasteiger partial charge is 0.248 e. The van der Waals surface area contributed by atoms with E-state index < -0.39 is 12.5 Å². The number of piperidine rings is 1. The van der Waals surface area contributed by atoms with Gasteiger partial charge in [-0.05, 0) is 19.3 Å². The molecule has 1 fully saturated rings. The lowest BCUT2D eigenvalue weighted by molar-refractivity contribution is -0.141. The van der Waals surface area contributed by atoms with Crippen molar-refractivity contribution in [2.45, 2.75) is 19.3 Å². The molecule has 2 amide bonds. The fourth-order valence-electron chi connectivity index (χ4n) is 1.66. The first-order valence-corrected chi connectivity index (χ1v) is 5.27. The minimum atomic E-state index is -0.538. The van der Waals surface area contributed by atoms with Crippen LogP contribution in [0.4, 0.5) is 0 Å². The molecule has 0 spiro atoms. The predicted octanol–water partition coefficient (Wildman–Crippen LogP) is -0.550. The number of carbonyl (C=O) groups is 2. The number of aliphatic hydroxyl groups is 1. The Morgan fingerprint density at radius 1 is 1.27 bits per heavy atom. The second kappa shape index (κ2) is 5.70. The molecule has 1 heterocycles. The van der Waals surface area contributed by atoms with Crippen molar-refractivity contribution in [1.29, 1.82) is 0 Å². The van der Waals surface area contributed by atoms with Crippen molar-refractivity contribution < 1.29 is 14.7 Å². The van der Waals surface area contributed by atoms with Gasteiger partial charge in [-0.3, -0.25) is 9.59 Å².